The van der Waals surface area contributed by atoms with E-state index in [0.29, 0.717) is 6.10 Å². The van der Waals surface area contributed by atoms with E-state index < -0.39 is 0 Å². The third-order valence-electron chi connectivity index (χ3n) is 5.05. The average Bonchev–Trinajstić information content (AvgIpc) is 3.18. The molecule has 0 radical (unpaired) electrons. The molecule has 2 atom stereocenters. The molecule has 1 N–H and O–H groups in total. The van der Waals surface area contributed by atoms with Crippen molar-refractivity contribution < 1.29 is 4.74 Å². The molecule has 3 rings (SSSR count). The van der Waals surface area contributed by atoms with Crippen molar-refractivity contribution in [3.63, 3.8) is 0 Å². The molecule has 2 aliphatic rings. The number of rotatable bonds is 6. The third-order valence-corrected chi connectivity index (χ3v) is 5.54. The zero-order valence-corrected chi connectivity index (χ0v) is 14.0. The van der Waals surface area contributed by atoms with Crippen molar-refractivity contribution in [3.8, 4) is 0 Å². The zero-order chi connectivity index (χ0) is 15.0. The minimum absolute atomic E-state index is 0.166. The fourth-order valence-electron chi connectivity index (χ4n) is 3.91. The minimum Gasteiger partial charge on any atom is -0.377 e. The standard InChI is InChI=1S/C16H26ClN3O/c1-4-20-13(14(17)11(2)19-20)9-16(10-18-3)7-8-21-15(16)12-5-6-12/h12,15,18H,4-10H2,1-3H3. The van der Waals surface area contributed by atoms with Gasteiger partial charge < -0.3 is 10.1 Å². The molecule has 4 nitrogen and oxygen atoms in total. The van der Waals surface area contributed by atoms with Crippen LogP contribution in [0.5, 0.6) is 0 Å². The molecular weight excluding hydrogens is 286 g/mol. The highest BCUT2D eigenvalue weighted by Gasteiger charge is 2.51. The number of aromatic nitrogens is 2. The van der Waals surface area contributed by atoms with E-state index in [-0.39, 0.29) is 5.41 Å². The van der Waals surface area contributed by atoms with Crippen LogP contribution in [0.2, 0.25) is 5.02 Å². The van der Waals surface area contributed by atoms with E-state index in [1.807, 2.05) is 14.0 Å². The van der Waals surface area contributed by atoms with Gasteiger partial charge in [-0.3, -0.25) is 4.68 Å². The first-order chi connectivity index (χ1) is 10.1. The summed E-state index contributed by atoms with van der Waals surface area (Å²) >= 11 is 6.53. The lowest BCUT2D eigenvalue weighted by Crippen LogP contribution is -2.43. The molecule has 21 heavy (non-hydrogen) atoms. The van der Waals surface area contributed by atoms with Crippen LogP contribution >= 0.6 is 11.6 Å². The average molecular weight is 312 g/mol. The topological polar surface area (TPSA) is 39.1 Å². The summed E-state index contributed by atoms with van der Waals surface area (Å²) in [6.07, 6.45) is 5.08. The van der Waals surface area contributed by atoms with E-state index in [2.05, 4.69) is 22.0 Å². The van der Waals surface area contributed by atoms with Crippen LogP contribution in [0.25, 0.3) is 0 Å². The van der Waals surface area contributed by atoms with Crippen molar-refractivity contribution in [2.45, 2.75) is 52.2 Å². The van der Waals surface area contributed by atoms with Crippen molar-refractivity contribution >= 4 is 11.6 Å². The summed E-state index contributed by atoms with van der Waals surface area (Å²) < 4.78 is 8.19. The highest BCUT2D eigenvalue weighted by molar-refractivity contribution is 6.31. The Labute approximate surface area is 132 Å². The fourth-order valence-corrected chi connectivity index (χ4v) is 4.11. The molecule has 0 spiro atoms. The first-order valence-electron chi connectivity index (χ1n) is 8.09. The predicted octanol–water partition coefficient (Wildman–Crippen LogP) is 2.81. The van der Waals surface area contributed by atoms with E-state index in [9.17, 15) is 0 Å². The van der Waals surface area contributed by atoms with E-state index in [1.165, 1.54) is 18.5 Å². The highest BCUT2D eigenvalue weighted by Crippen LogP contribution is 2.49. The van der Waals surface area contributed by atoms with Crippen LogP contribution in [0.15, 0.2) is 0 Å². The quantitative estimate of drug-likeness (QED) is 0.878. The monoisotopic (exact) mass is 311 g/mol. The second-order valence-electron chi connectivity index (χ2n) is 6.61. The smallest absolute Gasteiger partial charge is 0.0847 e. The summed E-state index contributed by atoms with van der Waals surface area (Å²) in [7, 11) is 2.04. The normalized spacial score (nSPS) is 29.2. The fraction of sp³-hybridized carbons (Fsp3) is 0.812. The van der Waals surface area contributed by atoms with Crippen LogP contribution in [0.1, 0.15) is 37.6 Å². The molecule has 0 aromatic carbocycles. The molecule has 1 aliphatic carbocycles. The second-order valence-corrected chi connectivity index (χ2v) is 6.99. The molecule has 1 aliphatic heterocycles. The Bertz CT molecular complexity index is 512. The van der Waals surface area contributed by atoms with Crippen LogP contribution < -0.4 is 5.32 Å². The lowest BCUT2D eigenvalue weighted by atomic mass is 9.75. The Balaban J connectivity index is 1.92. The van der Waals surface area contributed by atoms with Gasteiger partial charge in [0.05, 0.1) is 22.5 Å². The summed E-state index contributed by atoms with van der Waals surface area (Å²) in [4.78, 5) is 0. The summed E-state index contributed by atoms with van der Waals surface area (Å²) in [6.45, 7) is 6.85. The van der Waals surface area contributed by atoms with E-state index in [4.69, 9.17) is 16.3 Å². The summed E-state index contributed by atoms with van der Waals surface area (Å²) in [5.74, 6) is 0.749. The molecular formula is C16H26ClN3O. The number of halogens is 1. The Morgan fingerprint density at radius 1 is 1.48 bits per heavy atom. The Hall–Kier alpha value is -0.580. The van der Waals surface area contributed by atoms with Crippen LogP contribution in [0, 0.1) is 18.3 Å². The lowest BCUT2D eigenvalue weighted by Gasteiger charge is -2.34. The SMILES string of the molecule is CCn1nc(C)c(Cl)c1CC1(CNC)CCOC1C1CC1. The van der Waals surface area contributed by atoms with Gasteiger partial charge in [-0.05, 0) is 46.1 Å². The predicted molar refractivity (Wildman–Crippen MR) is 84.8 cm³/mol. The summed E-state index contributed by atoms with van der Waals surface area (Å²) in [5, 5.41) is 8.81. The highest BCUT2D eigenvalue weighted by atomic mass is 35.5. The van der Waals surface area contributed by atoms with Gasteiger partial charge in [0.1, 0.15) is 0 Å². The van der Waals surface area contributed by atoms with Crippen molar-refractivity contribution in [3.05, 3.63) is 16.4 Å². The number of ether oxygens (including phenoxy) is 1. The minimum atomic E-state index is 0.166. The Morgan fingerprint density at radius 3 is 2.86 bits per heavy atom. The molecule has 1 aromatic rings. The molecule has 1 saturated carbocycles. The third kappa shape index (κ3) is 2.73. The molecule has 2 heterocycles. The lowest BCUT2D eigenvalue weighted by molar-refractivity contribution is 0.0306. The van der Waals surface area contributed by atoms with Gasteiger partial charge in [-0.15, -0.1) is 0 Å². The largest absolute Gasteiger partial charge is 0.377 e. The van der Waals surface area contributed by atoms with Crippen LogP contribution in [-0.4, -0.2) is 36.1 Å². The maximum Gasteiger partial charge on any atom is 0.0847 e. The number of nitrogens with zero attached hydrogens (tertiary/aromatic N) is 2. The summed E-state index contributed by atoms with van der Waals surface area (Å²) in [6, 6.07) is 0. The molecule has 2 unspecified atom stereocenters. The summed E-state index contributed by atoms with van der Waals surface area (Å²) in [5.41, 5.74) is 2.29. The Morgan fingerprint density at radius 2 is 2.24 bits per heavy atom. The maximum atomic E-state index is 6.53. The van der Waals surface area contributed by atoms with Crippen LogP contribution in [0.3, 0.4) is 0 Å². The van der Waals surface area contributed by atoms with Gasteiger partial charge in [0.15, 0.2) is 0 Å². The first-order valence-corrected chi connectivity index (χ1v) is 8.47. The van der Waals surface area contributed by atoms with Crippen molar-refractivity contribution in [2.24, 2.45) is 11.3 Å². The van der Waals surface area contributed by atoms with E-state index in [1.54, 1.807) is 0 Å². The van der Waals surface area contributed by atoms with Crippen molar-refractivity contribution in [2.75, 3.05) is 20.2 Å². The molecule has 118 valence electrons. The van der Waals surface area contributed by atoms with Gasteiger partial charge in [0, 0.05) is 31.5 Å². The van der Waals surface area contributed by atoms with Crippen LogP contribution in [-0.2, 0) is 17.7 Å². The first kappa shape index (κ1) is 15.3. The Kier molecular flexibility index (Phi) is 4.30. The number of nitrogens with one attached hydrogen (secondary N) is 1. The van der Waals surface area contributed by atoms with Crippen molar-refractivity contribution in [1.82, 2.24) is 15.1 Å². The van der Waals surface area contributed by atoms with Gasteiger partial charge in [-0.2, -0.15) is 5.10 Å². The van der Waals surface area contributed by atoms with Gasteiger partial charge in [0.2, 0.25) is 0 Å². The molecule has 2 fully saturated rings. The number of aryl methyl sites for hydroxylation is 2. The maximum absolute atomic E-state index is 6.53. The molecule has 0 amide bonds. The molecule has 0 bridgehead atoms. The molecule has 5 heteroatoms. The number of hydrogen-bond donors (Lipinski definition) is 1. The van der Waals surface area contributed by atoms with Crippen LogP contribution in [0.4, 0.5) is 0 Å². The van der Waals surface area contributed by atoms with Gasteiger partial charge in [-0.25, -0.2) is 0 Å². The van der Waals surface area contributed by atoms with Gasteiger partial charge in [-0.1, -0.05) is 11.6 Å². The molecule has 1 aromatic heterocycles. The van der Waals surface area contributed by atoms with E-state index in [0.717, 1.165) is 49.2 Å². The van der Waals surface area contributed by atoms with Crippen molar-refractivity contribution in [1.29, 1.82) is 0 Å². The van der Waals surface area contributed by atoms with Gasteiger partial charge >= 0.3 is 0 Å². The molecule has 1 saturated heterocycles. The zero-order valence-electron chi connectivity index (χ0n) is 13.3. The number of hydrogen-bond acceptors (Lipinski definition) is 3. The van der Waals surface area contributed by atoms with E-state index >= 15 is 0 Å². The van der Waals surface area contributed by atoms with Gasteiger partial charge in [0.25, 0.3) is 0 Å². The second kappa shape index (κ2) is 5.90.